The van der Waals surface area contributed by atoms with Gasteiger partial charge in [-0.1, -0.05) is 24.3 Å². The van der Waals surface area contributed by atoms with Crippen LogP contribution < -0.4 is 0 Å². The summed E-state index contributed by atoms with van der Waals surface area (Å²) in [7, 11) is 0. The summed E-state index contributed by atoms with van der Waals surface area (Å²) in [6.07, 6.45) is 3.52. The first-order valence-corrected chi connectivity index (χ1v) is 9.40. The fourth-order valence-corrected chi connectivity index (χ4v) is 3.06. The molecule has 1 aromatic heterocycles. The van der Waals surface area contributed by atoms with Crippen LogP contribution in [0.3, 0.4) is 0 Å². The van der Waals surface area contributed by atoms with Gasteiger partial charge in [-0.3, -0.25) is 14.6 Å². The lowest BCUT2D eigenvalue weighted by Crippen LogP contribution is -2.08. The van der Waals surface area contributed by atoms with Crippen LogP contribution in [0.1, 0.15) is 43.4 Å². The first-order chi connectivity index (χ1) is 13.1. The summed E-state index contributed by atoms with van der Waals surface area (Å²) in [6, 6.07) is 9.90. The first kappa shape index (κ1) is 20.6. The molecule has 0 aliphatic carbocycles. The molecule has 1 aromatic carbocycles. The maximum absolute atomic E-state index is 11.8. The standard InChI is InChI=1S/C22H27NO4/c1-4-26-19(24)13-11-17-9-6-10-18(12-14-20(25)27-5-2)21(17)22-16(3)8-7-15-23-22/h6-10,15H,4-5,11-14H2,1-3H3. The van der Waals surface area contributed by atoms with Crippen molar-refractivity contribution >= 4 is 11.9 Å². The number of nitrogens with zero attached hydrogens (tertiary/aromatic N) is 1. The molecule has 0 amide bonds. The van der Waals surface area contributed by atoms with Crippen molar-refractivity contribution in [1.29, 1.82) is 0 Å². The Morgan fingerprint density at radius 3 is 1.93 bits per heavy atom. The van der Waals surface area contributed by atoms with Crippen molar-refractivity contribution in [1.82, 2.24) is 4.98 Å². The number of esters is 2. The van der Waals surface area contributed by atoms with Crippen LogP contribution in [-0.4, -0.2) is 30.1 Å². The number of rotatable bonds is 9. The Hall–Kier alpha value is -2.69. The van der Waals surface area contributed by atoms with Crippen LogP contribution in [0.25, 0.3) is 11.3 Å². The summed E-state index contributed by atoms with van der Waals surface area (Å²) in [6.45, 7) is 6.38. The minimum Gasteiger partial charge on any atom is -0.466 e. The topological polar surface area (TPSA) is 65.5 Å². The Balaban J connectivity index is 2.35. The second-order valence-corrected chi connectivity index (χ2v) is 6.23. The molecule has 0 aliphatic rings. The van der Waals surface area contributed by atoms with E-state index in [1.807, 2.05) is 37.3 Å². The lowest BCUT2D eigenvalue weighted by atomic mass is 9.91. The highest BCUT2D eigenvalue weighted by Gasteiger charge is 2.16. The van der Waals surface area contributed by atoms with Gasteiger partial charge in [0.15, 0.2) is 0 Å². The van der Waals surface area contributed by atoms with Crippen molar-refractivity contribution in [3.63, 3.8) is 0 Å². The number of benzene rings is 1. The Morgan fingerprint density at radius 1 is 0.889 bits per heavy atom. The van der Waals surface area contributed by atoms with Gasteiger partial charge >= 0.3 is 11.9 Å². The van der Waals surface area contributed by atoms with Gasteiger partial charge in [-0.2, -0.15) is 0 Å². The number of pyridine rings is 1. The zero-order valence-electron chi connectivity index (χ0n) is 16.3. The molecule has 0 atom stereocenters. The molecule has 0 unspecified atom stereocenters. The van der Waals surface area contributed by atoms with E-state index >= 15 is 0 Å². The average Bonchev–Trinajstić information content (AvgIpc) is 2.66. The summed E-state index contributed by atoms with van der Waals surface area (Å²) >= 11 is 0. The first-order valence-electron chi connectivity index (χ1n) is 9.40. The highest BCUT2D eigenvalue weighted by atomic mass is 16.5. The largest absolute Gasteiger partial charge is 0.466 e. The number of hydrogen-bond acceptors (Lipinski definition) is 5. The lowest BCUT2D eigenvalue weighted by Gasteiger charge is -2.16. The van der Waals surface area contributed by atoms with Crippen molar-refractivity contribution < 1.29 is 19.1 Å². The molecule has 1 heterocycles. The van der Waals surface area contributed by atoms with Crippen molar-refractivity contribution in [2.75, 3.05) is 13.2 Å². The van der Waals surface area contributed by atoms with Gasteiger partial charge in [-0.05, 0) is 56.4 Å². The third-order valence-corrected chi connectivity index (χ3v) is 4.29. The molecule has 0 spiro atoms. The van der Waals surface area contributed by atoms with E-state index in [-0.39, 0.29) is 11.9 Å². The van der Waals surface area contributed by atoms with Crippen molar-refractivity contribution in [3.8, 4) is 11.3 Å². The van der Waals surface area contributed by atoms with E-state index in [1.54, 1.807) is 20.0 Å². The second-order valence-electron chi connectivity index (χ2n) is 6.23. The fourth-order valence-electron chi connectivity index (χ4n) is 3.06. The maximum Gasteiger partial charge on any atom is 0.306 e. The van der Waals surface area contributed by atoms with Crippen LogP contribution in [0.15, 0.2) is 36.5 Å². The SMILES string of the molecule is CCOC(=O)CCc1cccc(CCC(=O)OCC)c1-c1ncccc1C. The van der Waals surface area contributed by atoms with E-state index in [4.69, 9.17) is 9.47 Å². The van der Waals surface area contributed by atoms with E-state index in [0.717, 1.165) is 27.9 Å². The molecule has 0 saturated carbocycles. The second kappa shape index (κ2) is 10.5. The lowest BCUT2D eigenvalue weighted by molar-refractivity contribution is -0.143. The summed E-state index contributed by atoms with van der Waals surface area (Å²) in [5.41, 5.74) is 5.01. The molecule has 144 valence electrons. The number of carbonyl (C=O) groups is 2. The highest BCUT2D eigenvalue weighted by molar-refractivity contribution is 5.75. The zero-order chi connectivity index (χ0) is 19.6. The molecule has 2 aromatic rings. The highest BCUT2D eigenvalue weighted by Crippen LogP contribution is 2.30. The Labute approximate surface area is 160 Å². The van der Waals surface area contributed by atoms with Gasteiger partial charge in [-0.25, -0.2) is 0 Å². The van der Waals surface area contributed by atoms with E-state index in [9.17, 15) is 9.59 Å². The van der Waals surface area contributed by atoms with Crippen molar-refractivity contribution in [3.05, 3.63) is 53.2 Å². The van der Waals surface area contributed by atoms with Gasteiger partial charge < -0.3 is 9.47 Å². The number of carbonyl (C=O) groups excluding carboxylic acids is 2. The number of ether oxygens (including phenoxy) is 2. The van der Waals surface area contributed by atoms with Crippen LogP contribution in [0.5, 0.6) is 0 Å². The molecule has 0 N–H and O–H groups in total. The average molecular weight is 369 g/mol. The zero-order valence-corrected chi connectivity index (χ0v) is 16.3. The molecule has 5 nitrogen and oxygen atoms in total. The van der Waals surface area contributed by atoms with Gasteiger partial charge in [0.1, 0.15) is 0 Å². The third kappa shape index (κ3) is 5.91. The van der Waals surface area contributed by atoms with Crippen LogP contribution in [0, 0.1) is 6.92 Å². The molecule has 5 heteroatoms. The van der Waals surface area contributed by atoms with Gasteiger partial charge in [-0.15, -0.1) is 0 Å². The Kier molecular flexibility index (Phi) is 7.99. The summed E-state index contributed by atoms with van der Waals surface area (Å²) < 4.78 is 10.1. The van der Waals surface area contributed by atoms with Gasteiger partial charge in [0.05, 0.1) is 18.9 Å². The van der Waals surface area contributed by atoms with E-state index < -0.39 is 0 Å². The molecule has 0 fully saturated rings. The molecular weight excluding hydrogens is 342 g/mol. The monoisotopic (exact) mass is 369 g/mol. The van der Waals surface area contributed by atoms with E-state index in [1.165, 1.54) is 0 Å². The van der Waals surface area contributed by atoms with Gasteiger partial charge in [0.2, 0.25) is 0 Å². The number of aromatic nitrogens is 1. The maximum atomic E-state index is 11.8. The molecule has 0 aliphatic heterocycles. The molecule has 2 rings (SSSR count). The summed E-state index contributed by atoms with van der Waals surface area (Å²) in [5, 5.41) is 0. The minimum absolute atomic E-state index is 0.210. The van der Waals surface area contributed by atoms with Crippen LogP contribution in [0.2, 0.25) is 0 Å². The molecular formula is C22H27NO4. The molecule has 0 bridgehead atoms. The summed E-state index contributed by atoms with van der Waals surface area (Å²) in [4.78, 5) is 28.2. The predicted octanol–water partition coefficient (Wildman–Crippen LogP) is 4.05. The third-order valence-electron chi connectivity index (χ3n) is 4.29. The van der Waals surface area contributed by atoms with Crippen LogP contribution in [-0.2, 0) is 31.9 Å². The number of hydrogen-bond donors (Lipinski definition) is 0. The Morgan fingerprint density at radius 2 is 1.44 bits per heavy atom. The van der Waals surface area contributed by atoms with Crippen LogP contribution in [0.4, 0.5) is 0 Å². The Bertz CT molecular complexity index is 745. The molecule has 0 radical (unpaired) electrons. The fraction of sp³-hybridized carbons (Fsp3) is 0.409. The minimum atomic E-state index is -0.210. The smallest absolute Gasteiger partial charge is 0.306 e. The molecule has 27 heavy (non-hydrogen) atoms. The van der Waals surface area contributed by atoms with E-state index in [2.05, 4.69) is 4.98 Å². The number of aryl methyl sites for hydroxylation is 3. The van der Waals surface area contributed by atoms with E-state index in [0.29, 0.717) is 38.9 Å². The van der Waals surface area contributed by atoms with Crippen molar-refractivity contribution in [2.24, 2.45) is 0 Å². The van der Waals surface area contributed by atoms with Gasteiger partial charge in [0, 0.05) is 24.6 Å². The predicted molar refractivity (Wildman–Crippen MR) is 104 cm³/mol. The quantitative estimate of drug-likeness (QED) is 0.624. The van der Waals surface area contributed by atoms with Crippen LogP contribution >= 0.6 is 0 Å². The molecule has 0 saturated heterocycles. The normalized spacial score (nSPS) is 10.5. The summed E-state index contributed by atoms with van der Waals surface area (Å²) in [5.74, 6) is -0.420. The van der Waals surface area contributed by atoms with Gasteiger partial charge in [0.25, 0.3) is 0 Å². The van der Waals surface area contributed by atoms with Crippen molar-refractivity contribution in [2.45, 2.75) is 46.5 Å².